The largest absolute Gasteiger partial charge is 0.465 e. The zero-order valence-corrected chi connectivity index (χ0v) is 8.13. The van der Waals surface area contributed by atoms with Crippen molar-refractivity contribution in [2.24, 2.45) is 0 Å². The smallest absolute Gasteiger partial charge is 0.340 e. The van der Waals surface area contributed by atoms with Gasteiger partial charge in [-0.15, -0.1) is 0 Å². The first-order valence-electron chi connectivity index (χ1n) is 3.94. The number of carbonyl (C=O) groups excluding carboxylic acids is 1. The molecule has 4 nitrogen and oxygen atoms in total. The number of fused-ring (bicyclic) bond motifs is 1. The van der Waals surface area contributed by atoms with E-state index in [0.717, 1.165) is 0 Å². The van der Waals surface area contributed by atoms with Crippen LogP contribution in [0.25, 0.3) is 10.9 Å². The number of benzene rings is 1. The van der Waals surface area contributed by atoms with Gasteiger partial charge in [-0.1, -0.05) is 11.6 Å². The maximum atomic E-state index is 11.4. The van der Waals surface area contributed by atoms with Gasteiger partial charge in [0.15, 0.2) is 0 Å². The number of nitrogens with zero attached hydrogens (tertiary/aromatic N) is 1. The molecule has 1 heterocycles. The van der Waals surface area contributed by atoms with Crippen LogP contribution in [-0.2, 0) is 4.74 Å². The Bertz CT molecular complexity index is 493. The molecule has 1 N–H and O–H groups in total. The molecular formula is C9H7ClN2O2. The highest BCUT2D eigenvalue weighted by Crippen LogP contribution is 2.25. The van der Waals surface area contributed by atoms with E-state index in [1.807, 2.05) is 0 Å². The van der Waals surface area contributed by atoms with Gasteiger partial charge in [0.25, 0.3) is 0 Å². The predicted molar refractivity (Wildman–Crippen MR) is 52.4 cm³/mol. The molecule has 0 amide bonds. The molecule has 0 saturated heterocycles. The zero-order valence-electron chi connectivity index (χ0n) is 7.37. The zero-order chi connectivity index (χ0) is 10.1. The van der Waals surface area contributed by atoms with Gasteiger partial charge in [0.2, 0.25) is 0 Å². The molecule has 72 valence electrons. The molecule has 0 unspecified atom stereocenters. The number of esters is 1. The summed E-state index contributed by atoms with van der Waals surface area (Å²) in [4.78, 5) is 11.4. The van der Waals surface area contributed by atoms with E-state index in [0.29, 0.717) is 21.5 Å². The van der Waals surface area contributed by atoms with Crippen molar-refractivity contribution < 1.29 is 9.53 Å². The molecule has 0 radical (unpaired) electrons. The summed E-state index contributed by atoms with van der Waals surface area (Å²) in [6.07, 6.45) is 1.62. The summed E-state index contributed by atoms with van der Waals surface area (Å²) >= 11 is 5.89. The molecule has 0 aliphatic carbocycles. The Balaban J connectivity index is 2.76. The van der Waals surface area contributed by atoms with E-state index >= 15 is 0 Å². The molecule has 2 rings (SSSR count). The average molecular weight is 211 g/mol. The summed E-state index contributed by atoms with van der Waals surface area (Å²) in [5, 5.41) is 7.65. The molecule has 0 bridgehead atoms. The number of nitrogens with one attached hydrogen (secondary N) is 1. The monoisotopic (exact) mass is 210 g/mol. The quantitative estimate of drug-likeness (QED) is 0.733. The van der Waals surface area contributed by atoms with Crippen molar-refractivity contribution in [1.29, 1.82) is 0 Å². The number of aromatic amines is 1. The van der Waals surface area contributed by atoms with Crippen LogP contribution in [-0.4, -0.2) is 23.3 Å². The Labute approximate surface area is 84.8 Å². The van der Waals surface area contributed by atoms with Gasteiger partial charge >= 0.3 is 5.97 Å². The van der Waals surface area contributed by atoms with Gasteiger partial charge in [-0.25, -0.2) is 4.79 Å². The summed E-state index contributed by atoms with van der Waals surface area (Å²) < 4.78 is 4.63. The van der Waals surface area contributed by atoms with Crippen LogP contribution < -0.4 is 0 Å². The van der Waals surface area contributed by atoms with Crippen molar-refractivity contribution >= 4 is 28.5 Å². The fraction of sp³-hybridized carbons (Fsp3) is 0.111. The van der Waals surface area contributed by atoms with Crippen LogP contribution in [0.4, 0.5) is 0 Å². The fourth-order valence-corrected chi connectivity index (χ4v) is 1.54. The minimum atomic E-state index is -0.456. The maximum Gasteiger partial charge on any atom is 0.340 e. The second-order valence-electron chi connectivity index (χ2n) is 2.73. The second-order valence-corrected chi connectivity index (χ2v) is 3.14. The number of aromatic nitrogens is 2. The molecule has 5 heteroatoms. The number of ether oxygens (including phenoxy) is 1. The van der Waals surface area contributed by atoms with Crippen LogP contribution >= 0.6 is 11.6 Å². The summed E-state index contributed by atoms with van der Waals surface area (Å²) in [7, 11) is 1.32. The molecule has 0 atom stereocenters. The van der Waals surface area contributed by atoms with E-state index in [1.54, 1.807) is 18.3 Å². The minimum Gasteiger partial charge on any atom is -0.465 e. The van der Waals surface area contributed by atoms with E-state index in [1.165, 1.54) is 7.11 Å². The van der Waals surface area contributed by atoms with E-state index in [-0.39, 0.29) is 0 Å². The van der Waals surface area contributed by atoms with Crippen molar-refractivity contribution in [3.8, 4) is 0 Å². The van der Waals surface area contributed by atoms with Gasteiger partial charge in [-0.2, -0.15) is 5.10 Å². The van der Waals surface area contributed by atoms with E-state index in [2.05, 4.69) is 14.9 Å². The molecule has 2 aromatic rings. The third-order valence-corrected chi connectivity index (χ3v) is 2.27. The Kier molecular flexibility index (Phi) is 2.13. The lowest BCUT2D eigenvalue weighted by Gasteiger charge is -2.02. The summed E-state index contributed by atoms with van der Waals surface area (Å²) in [5.41, 5.74) is 1.04. The van der Waals surface area contributed by atoms with Crippen LogP contribution in [0, 0.1) is 0 Å². The second kappa shape index (κ2) is 3.31. The molecule has 1 aromatic carbocycles. The molecular weight excluding hydrogens is 204 g/mol. The lowest BCUT2D eigenvalue weighted by Crippen LogP contribution is -2.02. The summed E-state index contributed by atoms with van der Waals surface area (Å²) in [5.74, 6) is -0.456. The lowest BCUT2D eigenvalue weighted by molar-refractivity contribution is 0.0603. The lowest BCUT2D eigenvalue weighted by atomic mass is 10.1. The van der Waals surface area contributed by atoms with Crippen LogP contribution in [0.15, 0.2) is 18.3 Å². The molecule has 0 aliphatic heterocycles. The Morgan fingerprint density at radius 1 is 1.57 bits per heavy atom. The standard InChI is InChI=1S/C9H7ClN2O2/c1-14-9(13)8-5-4-11-12-7(5)3-2-6(8)10/h2-4H,1H3,(H,11,12). The van der Waals surface area contributed by atoms with Gasteiger partial charge in [0.05, 0.1) is 23.2 Å². The van der Waals surface area contributed by atoms with Crippen LogP contribution in [0.2, 0.25) is 5.02 Å². The normalized spacial score (nSPS) is 10.4. The summed E-state index contributed by atoms with van der Waals surface area (Å²) in [6, 6.07) is 3.36. The number of hydrogen-bond acceptors (Lipinski definition) is 3. The molecule has 0 fully saturated rings. The molecule has 0 aliphatic rings. The van der Waals surface area contributed by atoms with Gasteiger partial charge in [0.1, 0.15) is 0 Å². The van der Waals surface area contributed by atoms with E-state index < -0.39 is 5.97 Å². The number of methoxy groups -OCH3 is 1. The molecule has 14 heavy (non-hydrogen) atoms. The van der Waals surface area contributed by atoms with Crippen LogP contribution in [0.1, 0.15) is 10.4 Å². The third-order valence-electron chi connectivity index (χ3n) is 1.96. The van der Waals surface area contributed by atoms with Crippen LogP contribution in [0.5, 0.6) is 0 Å². The molecule has 0 spiro atoms. The highest BCUT2D eigenvalue weighted by molar-refractivity contribution is 6.35. The van der Waals surface area contributed by atoms with Crippen molar-refractivity contribution in [1.82, 2.24) is 10.2 Å². The molecule has 0 saturated carbocycles. The first-order valence-corrected chi connectivity index (χ1v) is 4.32. The average Bonchev–Trinajstić information content (AvgIpc) is 2.64. The minimum absolute atomic E-state index is 0.348. The van der Waals surface area contributed by atoms with Crippen molar-refractivity contribution in [3.05, 3.63) is 28.9 Å². The number of hydrogen-bond donors (Lipinski definition) is 1. The first kappa shape index (κ1) is 9.02. The fourth-order valence-electron chi connectivity index (χ4n) is 1.30. The third kappa shape index (κ3) is 1.24. The topological polar surface area (TPSA) is 55.0 Å². The highest BCUT2D eigenvalue weighted by atomic mass is 35.5. The van der Waals surface area contributed by atoms with Crippen molar-refractivity contribution in [3.63, 3.8) is 0 Å². The van der Waals surface area contributed by atoms with Gasteiger partial charge in [-0.05, 0) is 12.1 Å². The summed E-state index contributed by atoms with van der Waals surface area (Å²) in [6.45, 7) is 0. The predicted octanol–water partition coefficient (Wildman–Crippen LogP) is 2.00. The van der Waals surface area contributed by atoms with E-state index in [9.17, 15) is 4.79 Å². The number of carbonyl (C=O) groups is 1. The van der Waals surface area contributed by atoms with E-state index in [4.69, 9.17) is 11.6 Å². The number of H-pyrrole nitrogens is 1. The van der Waals surface area contributed by atoms with Crippen molar-refractivity contribution in [2.45, 2.75) is 0 Å². The Morgan fingerprint density at radius 2 is 2.36 bits per heavy atom. The highest BCUT2D eigenvalue weighted by Gasteiger charge is 2.15. The van der Waals surface area contributed by atoms with Gasteiger partial charge < -0.3 is 4.74 Å². The number of rotatable bonds is 1. The van der Waals surface area contributed by atoms with Crippen LogP contribution in [0.3, 0.4) is 0 Å². The maximum absolute atomic E-state index is 11.4. The van der Waals surface area contributed by atoms with Gasteiger partial charge in [0, 0.05) is 11.6 Å². The van der Waals surface area contributed by atoms with Crippen molar-refractivity contribution in [2.75, 3.05) is 7.11 Å². The first-order chi connectivity index (χ1) is 6.74. The van der Waals surface area contributed by atoms with Gasteiger partial charge in [-0.3, -0.25) is 5.10 Å². The Morgan fingerprint density at radius 3 is 3.07 bits per heavy atom. The molecule has 1 aromatic heterocycles. The SMILES string of the molecule is COC(=O)c1c(Cl)ccc2n[nH]cc12. The Hall–Kier alpha value is -1.55. The number of halogens is 1.